The molecule has 0 amide bonds. The Morgan fingerprint density at radius 1 is 0.580 bits per heavy atom. The summed E-state index contributed by atoms with van der Waals surface area (Å²) in [4.78, 5) is 38.6. The van der Waals surface area contributed by atoms with Crippen molar-refractivity contribution in [2.45, 2.75) is 19.6 Å². The molecule has 0 spiro atoms. The van der Waals surface area contributed by atoms with E-state index in [2.05, 4.69) is 106 Å². The number of fused-ring (bicyclic) bond motifs is 4. The third-order valence-corrected chi connectivity index (χ3v) is 11.4. The fourth-order valence-corrected chi connectivity index (χ4v) is 8.73. The van der Waals surface area contributed by atoms with Crippen LogP contribution in [0.5, 0.6) is 0 Å². The zero-order valence-electron chi connectivity index (χ0n) is 28.3. The number of esters is 2. The lowest BCUT2D eigenvalue weighted by Crippen LogP contribution is -2.48. The van der Waals surface area contributed by atoms with Gasteiger partial charge < -0.3 is 19.3 Å². The van der Waals surface area contributed by atoms with Crippen molar-refractivity contribution in [1.29, 1.82) is 0 Å². The highest BCUT2D eigenvalue weighted by molar-refractivity contribution is 8.00. The minimum atomic E-state index is -0.337. The maximum absolute atomic E-state index is 12.4. The van der Waals surface area contributed by atoms with Crippen LogP contribution in [0.2, 0.25) is 0 Å². The van der Waals surface area contributed by atoms with Crippen LogP contribution in [0, 0.1) is 0 Å². The smallest absolute Gasteiger partial charge is 0.330 e. The Balaban J connectivity index is 0.781. The largest absolute Gasteiger partial charge is 0.461 e. The van der Waals surface area contributed by atoms with Crippen molar-refractivity contribution in [2.75, 3.05) is 76.4 Å². The summed E-state index contributed by atoms with van der Waals surface area (Å²) in [7, 11) is 4.16. The Morgan fingerprint density at radius 2 is 0.980 bits per heavy atom. The van der Waals surface area contributed by atoms with E-state index >= 15 is 0 Å². The number of carbonyl (C=O) groups excluding carboxylic acids is 2. The van der Waals surface area contributed by atoms with Crippen LogP contribution < -0.4 is 9.80 Å². The molecule has 256 valence electrons. The van der Waals surface area contributed by atoms with Crippen LogP contribution in [-0.2, 0) is 19.1 Å². The Bertz CT molecular complexity index is 1800. The van der Waals surface area contributed by atoms with E-state index in [-0.39, 0.29) is 11.9 Å². The molecule has 3 heterocycles. The van der Waals surface area contributed by atoms with E-state index in [1.165, 1.54) is 33.3 Å². The van der Waals surface area contributed by atoms with E-state index < -0.39 is 0 Å². The maximum Gasteiger partial charge on any atom is 0.330 e. The Morgan fingerprint density at radius 3 is 1.42 bits per heavy atom. The van der Waals surface area contributed by atoms with Crippen LogP contribution in [0.15, 0.2) is 117 Å². The van der Waals surface area contributed by atoms with Crippen LogP contribution in [0.3, 0.4) is 0 Å². The summed E-state index contributed by atoms with van der Waals surface area (Å²) in [5.74, 6) is -0.674. The number of nitrogens with zero attached hydrogens (tertiary/aromatic N) is 4. The summed E-state index contributed by atoms with van der Waals surface area (Å²) in [6.07, 6.45) is 6.64. The number of piperazine rings is 1. The Hall–Kier alpha value is -4.48. The summed E-state index contributed by atoms with van der Waals surface area (Å²) < 4.78 is 11.0. The molecule has 8 nitrogen and oxygen atoms in total. The molecule has 0 aromatic heterocycles. The van der Waals surface area contributed by atoms with Crippen LogP contribution in [0.4, 0.5) is 22.7 Å². The van der Waals surface area contributed by atoms with E-state index in [1.807, 2.05) is 24.3 Å². The Kier molecular flexibility index (Phi) is 10.6. The van der Waals surface area contributed by atoms with Crippen molar-refractivity contribution < 1.29 is 19.1 Å². The summed E-state index contributed by atoms with van der Waals surface area (Å²) in [6, 6.07) is 29.2. The molecular weight excluding hydrogens is 665 g/mol. The van der Waals surface area contributed by atoms with E-state index in [9.17, 15) is 9.59 Å². The van der Waals surface area contributed by atoms with Gasteiger partial charge in [-0.05, 0) is 71.8 Å². The average Bonchev–Trinajstić information content (AvgIpc) is 3.14. The van der Waals surface area contributed by atoms with Gasteiger partial charge in [0.15, 0.2) is 0 Å². The highest BCUT2D eigenvalue weighted by Gasteiger charge is 2.22. The van der Waals surface area contributed by atoms with Gasteiger partial charge in [0.1, 0.15) is 13.2 Å². The Labute approximate surface area is 302 Å². The third-order valence-electron chi connectivity index (χ3n) is 9.18. The van der Waals surface area contributed by atoms with Crippen molar-refractivity contribution in [2.24, 2.45) is 0 Å². The number of para-hydroxylation sites is 2. The normalized spacial score (nSPS) is 15.8. The monoisotopic (exact) mass is 704 g/mol. The molecular formula is C40H40N4O4S2. The highest BCUT2D eigenvalue weighted by Crippen LogP contribution is 2.48. The maximum atomic E-state index is 12.4. The van der Waals surface area contributed by atoms with Gasteiger partial charge in [-0.3, -0.25) is 9.80 Å². The van der Waals surface area contributed by atoms with E-state index in [1.54, 1.807) is 23.5 Å². The number of hydrogen-bond acceptors (Lipinski definition) is 10. The standard InChI is InChI=1S/C40H40N4O4S2/c1-41-31-7-3-5-9-35(31)49-37-27-29(11-15-33(37)41)13-17-39(45)47-25-23-43-19-21-44(22-20-43)24-26-48-40(46)18-14-30-12-16-34-38(28-30)50-36-10-6-4-8-32(36)42(34)2/h3-18,27-28H,19-26H2,1-2H3/b17-13-,18-14-. The molecule has 1 saturated heterocycles. The highest BCUT2D eigenvalue weighted by atomic mass is 32.2. The molecule has 0 aliphatic carbocycles. The molecule has 50 heavy (non-hydrogen) atoms. The van der Waals surface area contributed by atoms with Gasteiger partial charge in [0.05, 0.1) is 22.7 Å². The lowest BCUT2D eigenvalue weighted by Gasteiger charge is -2.34. The average molecular weight is 705 g/mol. The molecule has 0 saturated carbocycles. The first-order chi connectivity index (χ1) is 24.4. The van der Waals surface area contributed by atoms with Crippen molar-refractivity contribution >= 4 is 70.4 Å². The minimum Gasteiger partial charge on any atom is -0.461 e. The van der Waals surface area contributed by atoms with Gasteiger partial charge in [-0.1, -0.05) is 59.9 Å². The van der Waals surface area contributed by atoms with Crippen LogP contribution in [0.25, 0.3) is 12.2 Å². The quantitative estimate of drug-likeness (QED) is 0.122. The molecule has 1 fully saturated rings. The van der Waals surface area contributed by atoms with E-state index in [0.717, 1.165) is 58.5 Å². The predicted molar refractivity (Wildman–Crippen MR) is 203 cm³/mol. The van der Waals surface area contributed by atoms with Crippen LogP contribution >= 0.6 is 23.5 Å². The van der Waals surface area contributed by atoms with Gasteiger partial charge in [0.25, 0.3) is 0 Å². The zero-order valence-corrected chi connectivity index (χ0v) is 29.9. The predicted octanol–water partition coefficient (Wildman–Crippen LogP) is 7.58. The lowest BCUT2D eigenvalue weighted by molar-refractivity contribution is -0.139. The number of anilines is 4. The molecule has 4 aromatic rings. The molecule has 4 aromatic carbocycles. The van der Waals surface area contributed by atoms with Gasteiger partial charge in [-0.25, -0.2) is 9.59 Å². The SMILES string of the molecule is CN1c2ccccc2Sc2cc(/C=C\C(=O)OCCN3CCN(CCOC(=O)/C=C\c4ccc5c(c4)Sc4ccccc4N5C)CC3)ccc21. The number of hydrogen-bond donors (Lipinski definition) is 0. The van der Waals surface area contributed by atoms with Crippen LogP contribution in [-0.4, -0.2) is 88.3 Å². The second kappa shape index (κ2) is 15.6. The molecule has 3 aliphatic rings. The van der Waals surface area contributed by atoms with E-state index in [0.29, 0.717) is 26.3 Å². The molecule has 7 rings (SSSR count). The van der Waals surface area contributed by atoms with Gasteiger partial charge in [-0.2, -0.15) is 0 Å². The summed E-state index contributed by atoms with van der Waals surface area (Å²) in [6.45, 7) is 5.59. The van der Waals surface area contributed by atoms with Crippen molar-refractivity contribution in [1.82, 2.24) is 9.80 Å². The number of rotatable bonds is 10. The zero-order chi connectivity index (χ0) is 34.5. The van der Waals surface area contributed by atoms with Crippen molar-refractivity contribution in [3.8, 4) is 0 Å². The summed E-state index contributed by atoms with van der Waals surface area (Å²) in [5.41, 5.74) is 6.64. The second-order valence-electron chi connectivity index (χ2n) is 12.4. The molecule has 10 heteroatoms. The van der Waals surface area contributed by atoms with Crippen molar-refractivity contribution in [3.63, 3.8) is 0 Å². The van der Waals surface area contributed by atoms with Gasteiger partial charge >= 0.3 is 11.9 Å². The van der Waals surface area contributed by atoms with E-state index in [4.69, 9.17) is 9.47 Å². The summed E-state index contributed by atoms with van der Waals surface area (Å²) >= 11 is 3.49. The molecule has 3 aliphatic heterocycles. The number of carbonyl (C=O) groups is 2. The molecule has 0 bridgehead atoms. The van der Waals surface area contributed by atoms with Crippen LogP contribution in [0.1, 0.15) is 11.1 Å². The first-order valence-electron chi connectivity index (χ1n) is 16.8. The van der Waals surface area contributed by atoms with Gasteiger partial charge in [0.2, 0.25) is 0 Å². The molecule has 0 atom stereocenters. The topological polar surface area (TPSA) is 65.6 Å². The first kappa shape index (κ1) is 34.0. The fourth-order valence-electron chi connectivity index (χ4n) is 6.34. The van der Waals surface area contributed by atoms with Gasteiger partial charge in [-0.15, -0.1) is 0 Å². The summed E-state index contributed by atoms with van der Waals surface area (Å²) in [5, 5.41) is 0. The van der Waals surface area contributed by atoms with Crippen molar-refractivity contribution in [3.05, 3.63) is 108 Å². The minimum absolute atomic E-state index is 0.337. The lowest BCUT2D eigenvalue weighted by atomic mass is 10.1. The molecule has 0 N–H and O–H groups in total. The fraction of sp³-hybridized carbons (Fsp3) is 0.250. The van der Waals surface area contributed by atoms with Gasteiger partial charge in [0, 0.05) is 85.1 Å². The molecule has 0 radical (unpaired) electrons. The number of ether oxygens (including phenoxy) is 2. The second-order valence-corrected chi connectivity index (χ2v) is 14.6. The molecule has 0 unspecified atom stereocenters. The first-order valence-corrected chi connectivity index (χ1v) is 18.5. The third kappa shape index (κ3) is 7.94. The number of benzene rings is 4.